The molecule has 0 bridgehead atoms. The van der Waals surface area contributed by atoms with Gasteiger partial charge in [-0.3, -0.25) is 14.5 Å². The number of carboxylic acids is 1. The second-order valence-corrected chi connectivity index (χ2v) is 4.33. The first kappa shape index (κ1) is 15.2. The molecule has 5 heteroatoms. The zero-order valence-corrected chi connectivity index (χ0v) is 11.1. The van der Waals surface area contributed by atoms with E-state index in [4.69, 9.17) is 5.11 Å². The summed E-state index contributed by atoms with van der Waals surface area (Å²) in [5.74, 6) is -0.963. The van der Waals surface area contributed by atoms with E-state index >= 15 is 0 Å². The van der Waals surface area contributed by atoms with Gasteiger partial charge in [0.2, 0.25) is 5.91 Å². The van der Waals surface area contributed by atoms with Crippen LogP contribution in [0.1, 0.15) is 19.8 Å². The van der Waals surface area contributed by atoms with Gasteiger partial charge in [0.05, 0.1) is 13.0 Å². The summed E-state index contributed by atoms with van der Waals surface area (Å²) in [5, 5.41) is 11.5. The van der Waals surface area contributed by atoms with Gasteiger partial charge in [-0.2, -0.15) is 0 Å². The molecule has 104 valence electrons. The van der Waals surface area contributed by atoms with Crippen LogP contribution in [0.25, 0.3) is 0 Å². The fourth-order valence-electron chi connectivity index (χ4n) is 1.76. The van der Waals surface area contributed by atoms with Crippen molar-refractivity contribution in [2.45, 2.75) is 19.8 Å². The molecule has 1 amide bonds. The topological polar surface area (TPSA) is 69.6 Å². The molecule has 0 atom stereocenters. The highest BCUT2D eigenvalue weighted by Gasteiger charge is 2.11. The van der Waals surface area contributed by atoms with Gasteiger partial charge in [-0.05, 0) is 25.1 Å². The number of rotatable bonds is 8. The first-order valence-electron chi connectivity index (χ1n) is 6.41. The van der Waals surface area contributed by atoms with Gasteiger partial charge in [0, 0.05) is 12.2 Å². The molecular weight excluding hydrogens is 244 g/mol. The lowest BCUT2D eigenvalue weighted by Gasteiger charge is -2.20. The quantitative estimate of drug-likeness (QED) is 0.751. The Kier molecular flexibility index (Phi) is 6.60. The first-order chi connectivity index (χ1) is 9.11. The molecule has 0 saturated heterocycles. The van der Waals surface area contributed by atoms with E-state index in [9.17, 15) is 9.59 Å². The average Bonchev–Trinajstić information content (AvgIpc) is 2.37. The number of hydrogen-bond acceptors (Lipinski definition) is 3. The van der Waals surface area contributed by atoms with Crippen molar-refractivity contribution in [3.63, 3.8) is 0 Å². The van der Waals surface area contributed by atoms with E-state index in [1.165, 1.54) is 0 Å². The second kappa shape index (κ2) is 8.26. The number of amides is 1. The van der Waals surface area contributed by atoms with Crippen LogP contribution in [0.15, 0.2) is 30.3 Å². The average molecular weight is 264 g/mol. The van der Waals surface area contributed by atoms with Crippen LogP contribution in [0.4, 0.5) is 5.69 Å². The van der Waals surface area contributed by atoms with Crippen molar-refractivity contribution in [1.29, 1.82) is 0 Å². The van der Waals surface area contributed by atoms with Crippen molar-refractivity contribution in [2.75, 3.05) is 25.0 Å². The van der Waals surface area contributed by atoms with E-state index in [1.807, 2.05) is 42.2 Å². The van der Waals surface area contributed by atoms with Crippen LogP contribution in [0.5, 0.6) is 0 Å². The Balaban J connectivity index is 2.44. The number of aliphatic carboxylic acids is 1. The van der Waals surface area contributed by atoms with Crippen molar-refractivity contribution in [3.8, 4) is 0 Å². The minimum Gasteiger partial charge on any atom is -0.481 e. The highest BCUT2D eigenvalue weighted by atomic mass is 16.4. The molecule has 2 N–H and O–H groups in total. The molecular formula is C14H20N2O3. The van der Waals surface area contributed by atoms with Crippen LogP contribution in [-0.2, 0) is 9.59 Å². The van der Waals surface area contributed by atoms with E-state index in [-0.39, 0.29) is 18.9 Å². The molecule has 1 aromatic rings. The van der Waals surface area contributed by atoms with Gasteiger partial charge >= 0.3 is 5.97 Å². The lowest BCUT2D eigenvalue weighted by Crippen LogP contribution is -2.35. The molecule has 0 radical (unpaired) electrons. The molecule has 0 spiro atoms. The van der Waals surface area contributed by atoms with Crippen LogP contribution in [0.3, 0.4) is 0 Å². The van der Waals surface area contributed by atoms with E-state index < -0.39 is 5.97 Å². The number of para-hydroxylation sites is 1. The van der Waals surface area contributed by atoms with Gasteiger partial charge in [-0.15, -0.1) is 0 Å². The third-order valence-corrected chi connectivity index (χ3v) is 2.61. The van der Waals surface area contributed by atoms with Gasteiger partial charge < -0.3 is 10.4 Å². The van der Waals surface area contributed by atoms with Crippen LogP contribution in [-0.4, -0.2) is 41.5 Å². The maximum absolute atomic E-state index is 11.8. The van der Waals surface area contributed by atoms with Crippen LogP contribution in [0, 0.1) is 0 Å². The highest BCUT2D eigenvalue weighted by Crippen LogP contribution is 2.05. The van der Waals surface area contributed by atoms with Crippen molar-refractivity contribution in [2.24, 2.45) is 0 Å². The Labute approximate surface area is 113 Å². The lowest BCUT2D eigenvalue weighted by molar-refractivity contribution is -0.137. The molecule has 1 aromatic carbocycles. The maximum atomic E-state index is 11.8. The Hall–Kier alpha value is -1.88. The van der Waals surface area contributed by atoms with Crippen LogP contribution < -0.4 is 5.32 Å². The number of carboxylic acid groups (broad SMARTS) is 1. The van der Waals surface area contributed by atoms with E-state index in [2.05, 4.69) is 5.32 Å². The summed E-state index contributed by atoms with van der Waals surface area (Å²) in [5.41, 5.74) is 0.752. The van der Waals surface area contributed by atoms with Crippen LogP contribution in [0.2, 0.25) is 0 Å². The molecule has 0 heterocycles. The van der Waals surface area contributed by atoms with Crippen molar-refractivity contribution in [3.05, 3.63) is 30.3 Å². The number of anilines is 1. The normalized spacial score (nSPS) is 10.4. The summed E-state index contributed by atoms with van der Waals surface area (Å²) < 4.78 is 0. The van der Waals surface area contributed by atoms with Crippen molar-refractivity contribution >= 4 is 17.6 Å². The number of nitrogens with one attached hydrogen (secondary N) is 1. The summed E-state index contributed by atoms with van der Waals surface area (Å²) in [7, 11) is 0. The number of nitrogens with zero attached hydrogens (tertiary/aromatic N) is 1. The molecule has 0 aliphatic heterocycles. The fraction of sp³-hybridized carbons (Fsp3) is 0.429. The molecule has 0 saturated carbocycles. The molecule has 0 aliphatic rings. The molecule has 0 unspecified atom stereocenters. The number of hydrogen-bond donors (Lipinski definition) is 2. The van der Waals surface area contributed by atoms with E-state index in [0.717, 1.165) is 18.7 Å². The number of carbonyl (C=O) groups excluding carboxylic acids is 1. The summed E-state index contributed by atoms with van der Waals surface area (Å²) in [4.78, 5) is 24.3. The minimum atomic E-state index is -0.843. The van der Waals surface area contributed by atoms with Crippen molar-refractivity contribution < 1.29 is 14.7 Å². The zero-order chi connectivity index (χ0) is 14.1. The fourth-order valence-corrected chi connectivity index (χ4v) is 1.76. The Morgan fingerprint density at radius 2 is 1.89 bits per heavy atom. The van der Waals surface area contributed by atoms with Gasteiger partial charge in [0.25, 0.3) is 0 Å². The van der Waals surface area contributed by atoms with Gasteiger partial charge in [0.15, 0.2) is 0 Å². The highest BCUT2D eigenvalue weighted by molar-refractivity contribution is 5.92. The van der Waals surface area contributed by atoms with Gasteiger partial charge in [-0.1, -0.05) is 25.1 Å². The molecule has 1 rings (SSSR count). The van der Waals surface area contributed by atoms with Crippen LogP contribution >= 0.6 is 0 Å². The van der Waals surface area contributed by atoms with Crippen molar-refractivity contribution in [1.82, 2.24) is 4.90 Å². The molecule has 0 aromatic heterocycles. The second-order valence-electron chi connectivity index (χ2n) is 4.33. The smallest absolute Gasteiger partial charge is 0.304 e. The molecule has 5 nitrogen and oxygen atoms in total. The predicted octanol–water partition coefficient (Wildman–Crippen LogP) is 1.81. The molecule has 0 fully saturated rings. The largest absolute Gasteiger partial charge is 0.481 e. The Morgan fingerprint density at radius 1 is 1.21 bits per heavy atom. The third kappa shape index (κ3) is 6.57. The zero-order valence-electron chi connectivity index (χ0n) is 11.1. The third-order valence-electron chi connectivity index (χ3n) is 2.61. The Morgan fingerprint density at radius 3 is 2.47 bits per heavy atom. The Bertz CT molecular complexity index is 406. The standard InChI is InChI=1S/C14H20N2O3/c1-2-9-16(10-8-14(18)19)11-13(17)15-12-6-4-3-5-7-12/h3-7H,2,8-11H2,1H3,(H,15,17)(H,18,19). The summed E-state index contributed by atoms with van der Waals surface area (Å²) in [6.07, 6.45) is 0.941. The summed E-state index contributed by atoms with van der Waals surface area (Å²) >= 11 is 0. The number of benzene rings is 1. The lowest BCUT2D eigenvalue weighted by atomic mass is 10.3. The number of carbonyl (C=O) groups is 2. The van der Waals surface area contributed by atoms with Gasteiger partial charge in [0.1, 0.15) is 0 Å². The summed E-state index contributed by atoms with van der Waals surface area (Å²) in [6.45, 7) is 3.33. The van der Waals surface area contributed by atoms with E-state index in [1.54, 1.807) is 0 Å². The summed E-state index contributed by atoms with van der Waals surface area (Å²) in [6, 6.07) is 9.22. The molecule has 19 heavy (non-hydrogen) atoms. The minimum absolute atomic E-state index is 0.0542. The molecule has 0 aliphatic carbocycles. The maximum Gasteiger partial charge on any atom is 0.304 e. The monoisotopic (exact) mass is 264 g/mol. The SMILES string of the molecule is CCCN(CCC(=O)O)CC(=O)Nc1ccccc1. The predicted molar refractivity (Wildman–Crippen MR) is 74.1 cm³/mol. The van der Waals surface area contributed by atoms with E-state index in [0.29, 0.717) is 6.54 Å². The first-order valence-corrected chi connectivity index (χ1v) is 6.41. The van der Waals surface area contributed by atoms with Gasteiger partial charge in [-0.25, -0.2) is 0 Å².